The normalized spacial score (nSPS) is 12.4. The minimum absolute atomic E-state index is 0.224. The molecule has 1 aromatic rings. The molecule has 0 saturated carbocycles. The summed E-state index contributed by atoms with van der Waals surface area (Å²) in [6.07, 6.45) is 0.634. The molecular weight excluding hydrogens is 237 g/mol. The zero-order valence-corrected chi connectivity index (χ0v) is 10.8. The molecule has 0 heterocycles. The Bertz CT molecular complexity index is 360. The highest BCUT2D eigenvalue weighted by molar-refractivity contribution is 5.30. The first-order valence-corrected chi connectivity index (χ1v) is 5.84. The fraction of sp³-hybridized carbons (Fsp3) is 0.538. The standard InChI is InChI=1S/C13H20FNO3/c1-16-7-8-18-6-5-12(15)10-3-4-13(17-2)11(14)9-10/h3-4,9,12H,5-8,15H2,1-2H3. The average Bonchev–Trinajstić information content (AvgIpc) is 2.38. The summed E-state index contributed by atoms with van der Waals surface area (Å²) in [5.41, 5.74) is 6.69. The van der Waals surface area contributed by atoms with Crippen molar-refractivity contribution in [2.75, 3.05) is 34.0 Å². The van der Waals surface area contributed by atoms with Crippen molar-refractivity contribution in [1.82, 2.24) is 0 Å². The average molecular weight is 257 g/mol. The molecule has 5 heteroatoms. The van der Waals surface area contributed by atoms with Gasteiger partial charge >= 0.3 is 0 Å². The second kappa shape index (κ2) is 8.02. The quantitative estimate of drug-likeness (QED) is 0.722. The second-order valence-electron chi connectivity index (χ2n) is 3.89. The number of hydrogen-bond donors (Lipinski definition) is 1. The first-order chi connectivity index (χ1) is 8.69. The topological polar surface area (TPSA) is 53.7 Å². The molecule has 0 radical (unpaired) electrons. The molecule has 0 aliphatic heterocycles. The van der Waals surface area contributed by atoms with Crippen molar-refractivity contribution >= 4 is 0 Å². The molecule has 2 N–H and O–H groups in total. The van der Waals surface area contributed by atoms with E-state index in [1.54, 1.807) is 19.2 Å². The Morgan fingerprint density at radius 1 is 1.22 bits per heavy atom. The summed E-state index contributed by atoms with van der Waals surface area (Å²) in [5, 5.41) is 0. The minimum Gasteiger partial charge on any atom is -0.494 e. The van der Waals surface area contributed by atoms with Gasteiger partial charge in [0, 0.05) is 19.8 Å². The zero-order chi connectivity index (χ0) is 13.4. The molecule has 1 aromatic carbocycles. The van der Waals surface area contributed by atoms with Crippen LogP contribution in [-0.4, -0.2) is 34.0 Å². The van der Waals surface area contributed by atoms with Gasteiger partial charge in [-0.1, -0.05) is 6.07 Å². The van der Waals surface area contributed by atoms with Crippen LogP contribution in [0.1, 0.15) is 18.0 Å². The summed E-state index contributed by atoms with van der Waals surface area (Å²) in [5.74, 6) is -0.173. The van der Waals surface area contributed by atoms with Crippen molar-refractivity contribution in [3.63, 3.8) is 0 Å². The van der Waals surface area contributed by atoms with Crippen LogP contribution in [0, 0.1) is 5.82 Å². The Morgan fingerprint density at radius 2 is 2.00 bits per heavy atom. The summed E-state index contributed by atoms with van der Waals surface area (Å²) in [4.78, 5) is 0. The zero-order valence-electron chi connectivity index (χ0n) is 10.8. The molecular formula is C13H20FNO3. The molecule has 4 nitrogen and oxygen atoms in total. The predicted molar refractivity (Wildman–Crippen MR) is 67.2 cm³/mol. The Morgan fingerprint density at radius 3 is 2.61 bits per heavy atom. The van der Waals surface area contributed by atoms with Gasteiger partial charge in [-0.15, -0.1) is 0 Å². The third kappa shape index (κ3) is 4.60. The fourth-order valence-corrected chi connectivity index (χ4v) is 1.53. The molecule has 0 bridgehead atoms. The highest BCUT2D eigenvalue weighted by Gasteiger charge is 2.09. The molecule has 0 fully saturated rings. The first-order valence-electron chi connectivity index (χ1n) is 5.84. The maximum atomic E-state index is 13.5. The molecule has 1 rings (SSSR count). The van der Waals surface area contributed by atoms with Crippen LogP contribution >= 0.6 is 0 Å². The first kappa shape index (κ1) is 14.9. The smallest absolute Gasteiger partial charge is 0.165 e. The second-order valence-corrected chi connectivity index (χ2v) is 3.89. The van der Waals surface area contributed by atoms with Gasteiger partial charge in [-0.25, -0.2) is 4.39 Å². The molecule has 0 aliphatic carbocycles. The Hall–Kier alpha value is -1.17. The van der Waals surface area contributed by atoms with Gasteiger partial charge in [0.15, 0.2) is 11.6 Å². The maximum absolute atomic E-state index is 13.5. The van der Waals surface area contributed by atoms with Gasteiger partial charge in [0.2, 0.25) is 0 Å². The Labute approximate surface area is 107 Å². The summed E-state index contributed by atoms with van der Waals surface area (Å²) in [6.45, 7) is 1.63. The van der Waals surface area contributed by atoms with E-state index in [0.29, 0.717) is 26.2 Å². The lowest BCUT2D eigenvalue weighted by Crippen LogP contribution is -2.14. The highest BCUT2D eigenvalue weighted by Crippen LogP contribution is 2.22. The number of ether oxygens (including phenoxy) is 3. The molecule has 102 valence electrons. The van der Waals surface area contributed by atoms with Crippen molar-refractivity contribution in [2.45, 2.75) is 12.5 Å². The van der Waals surface area contributed by atoms with E-state index in [2.05, 4.69) is 0 Å². The Kier molecular flexibility index (Phi) is 6.64. The highest BCUT2D eigenvalue weighted by atomic mass is 19.1. The summed E-state index contributed by atoms with van der Waals surface area (Å²) < 4.78 is 28.5. The SMILES string of the molecule is COCCOCCC(N)c1ccc(OC)c(F)c1. The van der Waals surface area contributed by atoms with E-state index in [1.807, 2.05) is 0 Å². The van der Waals surface area contributed by atoms with Crippen molar-refractivity contribution in [2.24, 2.45) is 5.73 Å². The Balaban J connectivity index is 2.41. The van der Waals surface area contributed by atoms with Crippen LogP contribution < -0.4 is 10.5 Å². The molecule has 0 spiro atoms. The van der Waals surface area contributed by atoms with Gasteiger partial charge in [-0.3, -0.25) is 0 Å². The fourth-order valence-electron chi connectivity index (χ4n) is 1.53. The summed E-state index contributed by atoms with van der Waals surface area (Å²) in [7, 11) is 3.05. The van der Waals surface area contributed by atoms with Crippen LogP contribution in [0.15, 0.2) is 18.2 Å². The minimum atomic E-state index is -0.397. The maximum Gasteiger partial charge on any atom is 0.165 e. The number of halogens is 1. The third-order valence-corrected chi connectivity index (χ3v) is 2.61. The number of rotatable bonds is 8. The predicted octanol–water partition coefficient (Wildman–Crippen LogP) is 1.89. The largest absolute Gasteiger partial charge is 0.494 e. The number of benzene rings is 1. The van der Waals surface area contributed by atoms with E-state index in [-0.39, 0.29) is 11.8 Å². The van der Waals surface area contributed by atoms with Gasteiger partial charge in [0.1, 0.15) is 0 Å². The lowest BCUT2D eigenvalue weighted by molar-refractivity contribution is 0.0672. The van der Waals surface area contributed by atoms with Crippen molar-refractivity contribution in [1.29, 1.82) is 0 Å². The van der Waals surface area contributed by atoms with E-state index < -0.39 is 5.82 Å². The van der Waals surface area contributed by atoms with Crippen LogP contribution in [0.4, 0.5) is 4.39 Å². The van der Waals surface area contributed by atoms with Crippen LogP contribution in [0.3, 0.4) is 0 Å². The molecule has 1 unspecified atom stereocenters. The molecule has 0 aliphatic rings. The molecule has 18 heavy (non-hydrogen) atoms. The van der Waals surface area contributed by atoms with Gasteiger partial charge in [-0.2, -0.15) is 0 Å². The molecule has 0 aromatic heterocycles. The lowest BCUT2D eigenvalue weighted by Gasteiger charge is -2.13. The van der Waals surface area contributed by atoms with Crippen molar-refractivity contribution < 1.29 is 18.6 Å². The number of hydrogen-bond acceptors (Lipinski definition) is 4. The monoisotopic (exact) mass is 257 g/mol. The van der Waals surface area contributed by atoms with E-state index in [0.717, 1.165) is 5.56 Å². The van der Waals surface area contributed by atoms with Crippen molar-refractivity contribution in [3.8, 4) is 5.75 Å². The van der Waals surface area contributed by atoms with E-state index in [9.17, 15) is 4.39 Å². The molecule has 0 amide bonds. The summed E-state index contributed by atoms with van der Waals surface area (Å²) >= 11 is 0. The van der Waals surface area contributed by atoms with E-state index in [1.165, 1.54) is 13.2 Å². The molecule has 0 saturated heterocycles. The number of nitrogens with two attached hydrogens (primary N) is 1. The van der Waals surface area contributed by atoms with Gasteiger partial charge < -0.3 is 19.9 Å². The van der Waals surface area contributed by atoms with Gasteiger partial charge in [-0.05, 0) is 24.1 Å². The van der Waals surface area contributed by atoms with Crippen LogP contribution in [0.25, 0.3) is 0 Å². The lowest BCUT2D eigenvalue weighted by atomic mass is 10.0. The summed E-state index contributed by atoms with van der Waals surface area (Å²) in [6, 6.07) is 4.50. The number of methoxy groups -OCH3 is 2. The molecule has 1 atom stereocenters. The van der Waals surface area contributed by atoms with Crippen molar-refractivity contribution in [3.05, 3.63) is 29.6 Å². The van der Waals surface area contributed by atoms with Crippen LogP contribution in [0.5, 0.6) is 5.75 Å². The van der Waals surface area contributed by atoms with Crippen LogP contribution in [0.2, 0.25) is 0 Å². The van der Waals surface area contributed by atoms with E-state index in [4.69, 9.17) is 19.9 Å². The van der Waals surface area contributed by atoms with Gasteiger partial charge in [0.05, 0.1) is 20.3 Å². The van der Waals surface area contributed by atoms with Gasteiger partial charge in [0.25, 0.3) is 0 Å². The van der Waals surface area contributed by atoms with E-state index >= 15 is 0 Å². The third-order valence-electron chi connectivity index (χ3n) is 2.61. The van der Waals surface area contributed by atoms with Crippen LogP contribution in [-0.2, 0) is 9.47 Å².